The Bertz CT molecular complexity index is 394. The molecule has 106 valence electrons. The lowest BCUT2D eigenvalue weighted by molar-refractivity contribution is -0.129. The molecule has 0 radical (unpaired) electrons. The normalized spacial score (nSPS) is 13.7. The average molecular weight is 286 g/mol. The Morgan fingerprint density at radius 3 is 2.53 bits per heavy atom. The van der Waals surface area contributed by atoms with Gasteiger partial charge >= 0.3 is 0 Å². The number of ether oxygens (including phenoxy) is 2. The Balaban J connectivity index is 2.57. The van der Waals surface area contributed by atoms with Gasteiger partial charge in [0.25, 0.3) is 5.91 Å². The number of halogens is 1. The van der Waals surface area contributed by atoms with Crippen LogP contribution in [-0.2, 0) is 9.53 Å². The van der Waals surface area contributed by atoms with Gasteiger partial charge in [0.15, 0.2) is 6.10 Å². The van der Waals surface area contributed by atoms with Crippen molar-refractivity contribution in [3.05, 3.63) is 29.3 Å². The van der Waals surface area contributed by atoms with E-state index in [0.717, 1.165) is 0 Å². The lowest BCUT2D eigenvalue weighted by Crippen LogP contribution is -2.44. The predicted octanol–water partition coefficient (Wildman–Crippen LogP) is 2.65. The molecule has 1 rings (SSSR count). The fourth-order valence-corrected chi connectivity index (χ4v) is 1.75. The number of carbonyl (C=O) groups excluding carboxylic acids is 1. The van der Waals surface area contributed by atoms with E-state index in [9.17, 15) is 4.79 Å². The molecule has 0 saturated heterocycles. The molecule has 0 saturated carbocycles. The van der Waals surface area contributed by atoms with Crippen LogP contribution in [0.15, 0.2) is 24.3 Å². The third-order valence-corrected chi connectivity index (χ3v) is 2.81. The third kappa shape index (κ3) is 5.49. The second kappa shape index (κ2) is 8.02. The molecule has 0 aliphatic carbocycles. The topological polar surface area (TPSA) is 47.6 Å². The molecule has 0 unspecified atom stereocenters. The summed E-state index contributed by atoms with van der Waals surface area (Å²) in [6.07, 6.45) is 0.0780. The predicted molar refractivity (Wildman–Crippen MR) is 75.6 cm³/mol. The van der Waals surface area contributed by atoms with Crippen LogP contribution in [0.4, 0.5) is 0 Å². The first-order valence-corrected chi connectivity index (χ1v) is 6.66. The van der Waals surface area contributed by atoms with Gasteiger partial charge in [-0.15, -0.1) is 0 Å². The van der Waals surface area contributed by atoms with E-state index in [-0.39, 0.29) is 11.9 Å². The maximum Gasteiger partial charge on any atom is 0.261 e. The highest BCUT2D eigenvalue weighted by Gasteiger charge is 2.19. The zero-order chi connectivity index (χ0) is 14.3. The molecule has 1 N–H and O–H groups in total. The number of hydrogen-bond donors (Lipinski definition) is 1. The Hall–Kier alpha value is -1.26. The van der Waals surface area contributed by atoms with Crippen LogP contribution in [0, 0.1) is 0 Å². The highest BCUT2D eigenvalue weighted by molar-refractivity contribution is 6.30. The van der Waals surface area contributed by atoms with E-state index in [1.54, 1.807) is 31.4 Å². The molecule has 0 aromatic heterocycles. The molecule has 0 spiro atoms. The van der Waals surface area contributed by atoms with E-state index in [0.29, 0.717) is 23.8 Å². The van der Waals surface area contributed by atoms with Crippen molar-refractivity contribution < 1.29 is 14.3 Å². The van der Waals surface area contributed by atoms with Gasteiger partial charge in [-0.25, -0.2) is 0 Å². The van der Waals surface area contributed by atoms with Crippen LogP contribution in [0.25, 0.3) is 0 Å². The van der Waals surface area contributed by atoms with Gasteiger partial charge in [-0.2, -0.15) is 0 Å². The Kier molecular flexibility index (Phi) is 6.67. The molecule has 1 aromatic carbocycles. The minimum atomic E-state index is -0.513. The monoisotopic (exact) mass is 285 g/mol. The molecule has 19 heavy (non-hydrogen) atoms. The maximum absolute atomic E-state index is 12.0. The van der Waals surface area contributed by atoms with Gasteiger partial charge in [0.2, 0.25) is 0 Å². The van der Waals surface area contributed by atoms with Crippen LogP contribution in [0.5, 0.6) is 5.75 Å². The second-order valence-electron chi connectivity index (χ2n) is 4.33. The summed E-state index contributed by atoms with van der Waals surface area (Å²) in [7, 11) is 1.60. The van der Waals surface area contributed by atoms with Gasteiger partial charge in [-0.1, -0.05) is 18.5 Å². The fraction of sp³-hybridized carbons (Fsp3) is 0.500. The number of carbonyl (C=O) groups is 1. The Morgan fingerprint density at radius 2 is 2.00 bits per heavy atom. The fourth-order valence-electron chi connectivity index (χ4n) is 1.63. The van der Waals surface area contributed by atoms with E-state index >= 15 is 0 Å². The quantitative estimate of drug-likeness (QED) is 0.838. The Labute approximate surface area is 119 Å². The smallest absolute Gasteiger partial charge is 0.261 e. The minimum Gasteiger partial charge on any atom is -0.481 e. The number of benzene rings is 1. The first kappa shape index (κ1) is 15.8. The van der Waals surface area contributed by atoms with Crippen LogP contribution in [0.2, 0.25) is 5.02 Å². The summed E-state index contributed by atoms with van der Waals surface area (Å²) < 4.78 is 10.6. The van der Waals surface area contributed by atoms with Crippen molar-refractivity contribution in [2.24, 2.45) is 0 Å². The van der Waals surface area contributed by atoms with Crippen LogP contribution in [0.3, 0.4) is 0 Å². The van der Waals surface area contributed by atoms with Crippen LogP contribution >= 0.6 is 11.6 Å². The number of methoxy groups -OCH3 is 1. The van der Waals surface area contributed by atoms with Crippen LogP contribution < -0.4 is 10.1 Å². The van der Waals surface area contributed by atoms with E-state index in [4.69, 9.17) is 21.1 Å². The zero-order valence-electron chi connectivity index (χ0n) is 11.5. The van der Waals surface area contributed by atoms with Crippen molar-refractivity contribution in [3.63, 3.8) is 0 Å². The molecular formula is C14H20ClNO3. The summed E-state index contributed by atoms with van der Waals surface area (Å²) in [6.45, 7) is 4.26. The summed E-state index contributed by atoms with van der Waals surface area (Å²) in [4.78, 5) is 12.0. The molecule has 1 amide bonds. The maximum atomic E-state index is 12.0. The molecule has 0 heterocycles. The summed E-state index contributed by atoms with van der Waals surface area (Å²) in [5.74, 6) is 0.493. The molecule has 4 nitrogen and oxygen atoms in total. The van der Waals surface area contributed by atoms with Gasteiger partial charge in [-0.05, 0) is 37.6 Å². The van der Waals surface area contributed by atoms with Crippen LogP contribution in [0.1, 0.15) is 20.3 Å². The molecule has 0 aliphatic heterocycles. The molecule has 0 bridgehead atoms. The first-order chi connectivity index (χ1) is 9.06. The van der Waals surface area contributed by atoms with Gasteiger partial charge in [0, 0.05) is 18.2 Å². The lowest BCUT2D eigenvalue weighted by Gasteiger charge is -2.20. The van der Waals surface area contributed by atoms with E-state index in [1.165, 1.54) is 0 Å². The molecule has 2 atom stereocenters. The Morgan fingerprint density at radius 1 is 1.37 bits per heavy atom. The van der Waals surface area contributed by atoms with E-state index in [1.807, 2.05) is 13.8 Å². The van der Waals surface area contributed by atoms with Crippen molar-refractivity contribution >= 4 is 17.5 Å². The largest absolute Gasteiger partial charge is 0.481 e. The number of amides is 1. The van der Waals surface area contributed by atoms with Gasteiger partial charge in [-0.3, -0.25) is 4.79 Å². The summed E-state index contributed by atoms with van der Waals surface area (Å²) in [5.41, 5.74) is 0. The van der Waals surface area contributed by atoms with E-state index < -0.39 is 6.10 Å². The van der Waals surface area contributed by atoms with Gasteiger partial charge in [0.1, 0.15) is 5.75 Å². The highest BCUT2D eigenvalue weighted by atomic mass is 35.5. The summed E-state index contributed by atoms with van der Waals surface area (Å²) in [6, 6.07) is 6.91. The first-order valence-electron chi connectivity index (χ1n) is 6.28. The van der Waals surface area contributed by atoms with Crippen molar-refractivity contribution in [1.29, 1.82) is 0 Å². The molecule has 5 heteroatoms. The lowest BCUT2D eigenvalue weighted by atomic mass is 10.2. The molecule has 0 fully saturated rings. The standard InChI is InChI=1S/C14H20ClNO3/c1-4-13(14(17)16-10(2)9-18-3)19-12-7-5-11(15)6-8-12/h5-8,10,13H,4,9H2,1-3H3,(H,16,17)/t10-,13-/m1/s1. The van der Waals surface area contributed by atoms with Crippen molar-refractivity contribution in [2.75, 3.05) is 13.7 Å². The molecular weight excluding hydrogens is 266 g/mol. The SMILES string of the molecule is CC[C@@H](Oc1ccc(Cl)cc1)C(=O)N[C@H](C)COC. The summed E-state index contributed by atoms with van der Waals surface area (Å²) >= 11 is 5.80. The zero-order valence-corrected chi connectivity index (χ0v) is 12.2. The summed E-state index contributed by atoms with van der Waals surface area (Å²) in [5, 5.41) is 3.49. The minimum absolute atomic E-state index is 0.0413. The third-order valence-electron chi connectivity index (χ3n) is 2.56. The van der Waals surface area contributed by atoms with Crippen molar-refractivity contribution in [3.8, 4) is 5.75 Å². The second-order valence-corrected chi connectivity index (χ2v) is 4.77. The van der Waals surface area contributed by atoms with Crippen LogP contribution in [-0.4, -0.2) is 31.8 Å². The number of nitrogens with one attached hydrogen (secondary N) is 1. The van der Waals surface area contributed by atoms with Crippen molar-refractivity contribution in [2.45, 2.75) is 32.4 Å². The molecule has 1 aromatic rings. The number of rotatable bonds is 7. The van der Waals surface area contributed by atoms with Gasteiger partial charge in [0.05, 0.1) is 6.61 Å². The number of hydrogen-bond acceptors (Lipinski definition) is 3. The van der Waals surface area contributed by atoms with Crippen molar-refractivity contribution in [1.82, 2.24) is 5.32 Å². The van der Waals surface area contributed by atoms with E-state index in [2.05, 4.69) is 5.32 Å². The average Bonchev–Trinajstić information content (AvgIpc) is 2.38. The molecule has 0 aliphatic rings. The highest BCUT2D eigenvalue weighted by Crippen LogP contribution is 2.17. The van der Waals surface area contributed by atoms with Gasteiger partial charge < -0.3 is 14.8 Å².